The normalized spacial score (nSPS) is 15.0. The topological polar surface area (TPSA) is 17.1 Å². The maximum atomic E-state index is 11.6. The molecule has 0 aromatic rings. The second kappa shape index (κ2) is 6.88. The number of ketones is 1. The van der Waals surface area contributed by atoms with Crippen LogP contribution in [-0.4, -0.2) is 5.78 Å². The Balaban J connectivity index is 3.75. The lowest BCUT2D eigenvalue weighted by molar-refractivity contribution is -0.123. The van der Waals surface area contributed by atoms with E-state index in [0.29, 0.717) is 11.7 Å². The number of Topliss-reactive ketones (excluding diaryl/α,β-unsaturated/α-hetero) is 1. The van der Waals surface area contributed by atoms with Gasteiger partial charge in [-0.3, -0.25) is 4.79 Å². The summed E-state index contributed by atoms with van der Waals surface area (Å²) in [6, 6.07) is 0. The van der Waals surface area contributed by atoms with Crippen LogP contribution >= 0.6 is 0 Å². The number of carbonyl (C=O) groups is 1. The number of allylic oxidation sites excluding steroid dienone is 1. The number of unbranched alkanes of at least 4 members (excludes halogenated alkanes) is 1. The minimum Gasteiger partial charge on any atom is -0.299 e. The van der Waals surface area contributed by atoms with Crippen molar-refractivity contribution in [2.45, 2.75) is 46.5 Å². The van der Waals surface area contributed by atoms with Gasteiger partial charge < -0.3 is 0 Å². The van der Waals surface area contributed by atoms with Crippen molar-refractivity contribution >= 4 is 5.78 Å². The molecule has 1 unspecified atom stereocenters. The molecular weight excluding hydrogens is 160 g/mol. The summed E-state index contributed by atoms with van der Waals surface area (Å²) in [5.74, 6) is 1.17. The maximum absolute atomic E-state index is 11.6. The van der Waals surface area contributed by atoms with E-state index >= 15 is 0 Å². The van der Waals surface area contributed by atoms with Crippen molar-refractivity contribution in [2.24, 2.45) is 11.8 Å². The molecule has 0 rings (SSSR count). The van der Waals surface area contributed by atoms with Gasteiger partial charge in [0.15, 0.2) is 0 Å². The molecule has 0 bridgehead atoms. The third-order valence-electron chi connectivity index (χ3n) is 2.84. The highest BCUT2D eigenvalue weighted by atomic mass is 16.1. The molecule has 0 heterocycles. The van der Waals surface area contributed by atoms with Gasteiger partial charge in [0, 0.05) is 12.3 Å². The monoisotopic (exact) mass is 182 g/mol. The SMILES string of the molecule is C=CCCCC(=O)[C@@H](C)C(C)CC. The molecule has 0 aliphatic heterocycles. The Hall–Kier alpha value is -0.590. The Labute approximate surface area is 82.2 Å². The molecule has 0 aromatic carbocycles. The molecule has 0 amide bonds. The van der Waals surface area contributed by atoms with Crippen LogP contribution in [0, 0.1) is 11.8 Å². The second-order valence-corrected chi connectivity index (χ2v) is 3.82. The molecule has 0 saturated heterocycles. The third-order valence-corrected chi connectivity index (χ3v) is 2.84. The zero-order valence-electron chi connectivity index (χ0n) is 9.18. The molecule has 0 N–H and O–H groups in total. The second-order valence-electron chi connectivity index (χ2n) is 3.82. The molecule has 13 heavy (non-hydrogen) atoms. The maximum Gasteiger partial charge on any atom is 0.135 e. The summed E-state index contributed by atoms with van der Waals surface area (Å²) >= 11 is 0. The fourth-order valence-electron chi connectivity index (χ4n) is 1.32. The summed E-state index contributed by atoms with van der Waals surface area (Å²) in [6.45, 7) is 9.97. The largest absolute Gasteiger partial charge is 0.299 e. The molecule has 76 valence electrons. The lowest BCUT2D eigenvalue weighted by Crippen LogP contribution is -2.18. The van der Waals surface area contributed by atoms with Crippen LogP contribution in [0.3, 0.4) is 0 Å². The first-order valence-electron chi connectivity index (χ1n) is 5.27. The van der Waals surface area contributed by atoms with Crippen molar-refractivity contribution in [3.05, 3.63) is 12.7 Å². The molecule has 0 aromatic heterocycles. The molecule has 1 heteroatoms. The van der Waals surface area contributed by atoms with Gasteiger partial charge >= 0.3 is 0 Å². The van der Waals surface area contributed by atoms with E-state index in [1.54, 1.807) is 0 Å². The summed E-state index contributed by atoms with van der Waals surface area (Å²) in [7, 11) is 0. The fraction of sp³-hybridized carbons (Fsp3) is 0.750. The molecular formula is C12H22O. The number of rotatable bonds is 7. The minimum atomic E-state index is 0.231. The molecule has 2 atom stereocenters. The highest BCUT2D eigenvalue weighted by molar-refractivity contribution is 5.80. The lowest BCUT2D eigenvalue weighted by Gasteiger charge is -2.16. The van der Waals surface area contributed by atoms with Crippen molar-refractivity contribution < 1.29 is 4.79 Å². The van der Waals surface area contributed by atoms with Crippen LogP contribution in [0.25, 0.3) is 0 Å². The first-order valence-corrected chi connectivity index (χ1v) is 5.27. The van der Waals surface area contributed by atoms with Crippen LogP contribution in [0.15, 0.2) is 12.7 Å². The van der Waals surface area contributed by atoms with Gasteiger partial charge in [0.05, 0.1) is 0 Å². The zero-order valence-corrected chi connectivity index (χ0v) is 9.18. The van der Waals surface area contributed by atoms with E-state index < -0.39 is 0 Å². The van der Waals surface area contributed by atoms with Crippen LogP contribution in [0.4, 0.5) is 0 Å². The highest BCUT2D eigenvalue weighted by Crippen LogP contribution is 2.17. The smallest absolute Gasteiger partial charge is 0.135 e. The predicted molar refractivity (Wildman–Crippen MR) is 57.7 cm³/mol. The van der Waals surface area contributed by atoms with E-state index in [-0.39, 0.29) is 5.92 Å². The zero-order chi connectivity index (χ0) is 10.3. The summed E-state index contributed by atoms with van der Waals surface area (Å²) in [5.41, 5.74) is 0. The predicted octanol–water partition coefficient (Wildman–Crippen LogP) is 3.59. The fourth-order valence-corrected chi connectivity index (χ4v) is 1.32. The highest BCUT2D eigenvalue weighted by Gasteiger charge is 2.17. The molecule has 0 saturated carbocycles. The van der Waals surface area contributed by atoms with Gasteiger partial charge in [-0.2, -0.15) is 0 Å². The van der Waals surface area contributed by atoms with Crippen LogP contribution in [0.5, 0.6) is 0 Å². The van der Waals surface area contributed by atoms with E-state index in [2.05, 4.69) is 20.4 Å². The average Bonchev–Trinajstić information content (AvgIpc) is 2.15. The molecule has 0 aliphatic rings. The summed E-state index contributed by atoms with van der Waals surface area (Å²) < 4.78 is 0. The molecule has 0 spiro atoms. The molecule has 0 aliphatic carbocycles. The van der Waals surface area contributed by atoms with E-state index in [1.165, 1.54) is 0 Å². The standard InChI is InChI=1S/C12H22O/c1-5-7-8-9-12(13)11(4)10(3)6-2/h5,10-11H,1,6-9H2,2-4H3/t10?,11-/m0/s1. The van der Waals surface area contributed by atoms with Gasteiger partial charge in [0.2, 0.25) is 0 Å². The number of carbonyl (C=O) groups excluding carboxylic acids is 1. The Morgan fingerprint density at radius 3 is 2.54 bits per heavy atom. The van der Waals surface area contributed by atoms with Crippen LogP contribution in [-0.2, 0) is 4.79 Å². The van der Waals surface area contributed by atoms with Crippen molar-refractivity contribution in [3.63, 3.8) is 0 Å². The van der Waals surface area contributed by atoms with E-state index in [0.717, 1.165) is 25.7 Å². The number of hydrogen-bond donors (Lipinski definition) is 0. The summed E-state index contributed by atoms with van der Waals surface area (Å²) in [4.78, 5) is 11.6. The van der Waals surface area contributed by atoms with E-state index in [1.807, 2.05) is 13.0 Å². The van der Waals surface area contributed by atoms with Gasteiger partial charge in [-0.05, 0) is 18.8 Å². The number of hydrogen-bond acceptors (Lipinski definition) is 1. The van der Waals surface area contributed by atoms with Crippen LogP contribution in [0.2, 0.25) is 0 Å². The van der Waals surface area contributed by atoms with Gasteiger partial charge in [-0.15, -0.1) is 6.58 Å². The van der Waals surface area contributed by atoms with Crippen LogP contribution in [0.1, 0.15) is 46.5 Å². The Morgan fingerprint density at radius 1 is 1.46 bits per heavy atom. The first kappa shape index (κ1) is 12.4. The van der Waals surface area contributed by atoms with Crippen molar-refractivity contribution in [2.75, 3.05) is 0 Å². The quantitative estimate of drug-likeness (QED) is 0.434. The summed E-state index contributed by atoms with van der Waals surface area (Å²) in [5, 5.41) is 0. The molecule has 0 radical (unpaired) electrons. The van der Waals surface area contributed by atoms with Crippen LogP contribution < -0.4 is 0 Å². The third kappa shape index (κ3) is 4.87. The van der Waals surface area contributed by atoms with Crippen molar-refractivity contribution in [1.82, 2.24) is 0 Å². The Morgan fingerprint density at radius 2 is 2.08 bits per heavy atom. The van der Waals surface area contributed by atoms with Gasteiger partial charge in [-0.25, -0.2) is 0 Å². The first-order chi connectivity index (χ1) is 6.13. The Kier molecular flexibility index (Phi) is 6.56. The summed E-state index contributed by atoms with van der Waals surface area (Å²) in [6.07, 6.45) is 5.61. The van der Waals surface area contributed by atoms with Gasteiger partial charge in [-0.1, -0.05) is 33.3 Å². The van der Waals surface area contributed by atoms with E-state index in [4.69, 9.17) is 0 Å². The lowest BCUT2D eigenvalue weighted by atomic mass is 9.88. The van der Waals surface area contributed by atoms with Gasteiger partial charge in [0.25, 0.3) is 0 Å². The van der Waals surface area contributed by atoms with E-state index in [9.17, 15) is 4.79 Å². The molecule has 0 fully saturated rings. The van der Waals surface area contributed by atoms with Gasteiger partial charge in [0.1, 0.15) is 5.78 Å². The van der Waals surface area contributed by atoms with Crippen molar-refractivity contribution in [1.29, 1.82) is 0 Å². The average molecular weight is 182 g/mol. The minimum absolute atomic E-state index is 0.231. The van der Waals surface area contributed by atoms with Crippen molar-refractivity contribution in [3.8, 4) is 0 Å². The molecule has 1 nitrogen and oxygen atoms in total. The Bertz CT molecular complexity index is 161.